The molecule has 1 heteroatoms. The molecule has 0 unspecified atom stereocenters. The Kier molecular flexibility index (Phi) is 3.24. The second-order valence-electron chi connectivity index (χ2n) is 3.29. The van der Waals surface area contributed by atoms with Crippen molar-refractivity contribution in [3.63, 3.8) is 0 Å². The van der Waals surface area contributed by atoms with Gasteiger partial charge in [0.15, 0.2) is 0 Å². The Morgan fingerprint density at radius 2 is 2.15 bits per heavy atom. The van der Waals surface area contributed by atoms with E-state index in [1.54, 1.807) is 6.07 Å². The van der Waals surface area contributed by atoms with Crippen molar-refractivity contribution in [1.82, 2.24) is 0 Å². The predicted octanol–water partition coefficient (Wildman–Crippen LogP) is 3.65. The molecule has 1 radical (unpaired) electrons. The summed E-state index contributed by atoms with van der Waals surface area (Å²) in [5.74, 6) is 0.982. The van der Waals surface area contributed by atoms with Gasteiger partial charge >= 0.3 is 0 Å². The van der Waals surface area contributed by atoms with Crippen molar-refractivity contribution < 1.29 is 4.39 Å². The topological polar surface area (TPSA) is 0 Å². The van der Waals surface area contributed by atoms with Crippen molar-refractivity contribution in [2.75, 3.05) is 0 Å². The van der Waals surface area contributed by atoms with Crippen LogP contribution in [0.4, 0.5) is 4.39 Å². The molecule has 0 saturated carbocycles. The van der Waals surface area contributed by atoms with Gasteiger partial charge in [0.05, 0.1) is 0 Å². The second-order valence-corrected chi connectivity index (χ2v) is 3.29. The van der Waals surface area contributed by atoms with Gasteiger partial charge in [0.2, 0.25) is 0 Å². The average molecular weight is 177 g/mol. The van der Waals surface area contributed by atoms with Gasteiger partial charge in [0.1, 0.15) is 5.82 Å². The number of benzene rings is 1. The highest BCUT2D eigenvalue weighted by Gasteiger charge is 2.05. The summed E-state index contributed by atoms with van der Waals surface area (Å²) in [7, 11) is 0. The van der Waals surface area contributed by atoms with Crippen LogP contribution in [-0.2, 0) is 0 Å². The van der Waals surface area contributed by atoms with Crippen molar-refractivity contribution in [1.29, 1.82) is 0 Å². The first-order chi connectivity index (χ1) is 6.13. The fourth-order valence-corrected chi connectivity index (χ4v) is 1.32. The van der Waals surface area contributed by atoms with Crippen molar-refractivity contribution in [2.24, 2.45) is 0 Å². The largest absolute Gasteiger partial charge is 0.207 e. The molecule has 0 aliphatic rings. The van der Waals surface area contributed by atoms with E-state index in [4.69, 9.17) is 0 Å². The molecule has 0 aliphatic carbocycles. The molecule has 0 N–H and O–H groups in total. The predicted molar refractivity (Wildman–Crippen MR) is 54.0 cm³/mol. The third-order valence-electron chi connectivity index (χ3n) is 1.99. The summed E-state index contributed by atoms with van der Waals surface area (Å²) >= 11 is 0. The molecular weight excluding hydrogens is 163 g/mol. The summed E-state index contributed by atoms with van der Waals surface area (Å²) < 4.78 is 13.0. The molecule has 13 heavy (non-hydrogen) atoms. The Bertz CT molecular complexity index is 282. The van der Waals surface area contributed by atoms with E-state index < -0.39 is 0 Å². The Hall–Kier alpha value is -1.11. The number of halogens is 1. The Morgan fingerprint density at radius 1 is 1.46 bits per heavy atom. The van der Waals surface area contributed by atoms with Gasteiger partial charge < -0.3 is 0 Å². The van der Waals surface area contributed by atoms with Gasteiger partial charge in [-0.2, -0.15) is 0 Å². The normalized spacial score (nSPS) is 10.5. The van der Waals surface area contributed by atoms with Gasteiger partial charge in [-0.05, 0) is 36.6 Å². The van der Waals surface area contributed by atoms with Gasteiger partial charge in [0, 0.05) is 5.92 Å². The molecule has 1 aromatic rings. The van der Waals surface area contributed by atoms with Crippen molar-refractivity contribution in [3.05, 3.63) is 53.7 Å². The van der Waals surface area contributed by atoms with Gasteiger partial charge in [-0.1, -0.05) is 19.1 Å². The maximum atomic E-state index is 13.0. The van der Waals surface area contributed by atoms with Crippen LogP contribution < -0.4 is 0 Å². The second kappa shape index (κ2) is 4.22. The van der Waals surface area contributed by atoms with E-state index in [1.807, 2.05) is 26.0 Å². The quantitative estimate of drug-likeness (QED) is 0.618. The number of aryl methyl sites for hydroxylation is 1. The van der Waals surface area contributed by atoms with Crippen LogP contribution in [0, 0.1) is 18.7 Å². The molecule has 69 valence electrons. The molecule has 0 bridgehead atoms. The zero-order valence-corrected chi connectivity index (χ0v) is 8.10. The van der Waals surface area contributed by atoms with Crippen molar-refractivity contribution in [2.45, 2.75) is 20.3 Å². The first-order valence-corrected chi connectivity index (χ1v) is 4.34. The van der Waals surface area contributed by atoms with Crippen LogP contribution in [0.2, 0.25) is 0 Å². The number of hydrogen-bond acceptors (Lipinski definition) is 0. The first-order valence-electron chi connectivity index (χ1n) is 4.34. The van der Waals surface area contributed by atoms with E-state index in [1.165, 1.54) is 6.07 Å². The van der Waals surface area contributed by atoms with E-state index in [0.717, 1.165) is 23.5 Å². The molecule has 0 nitrogen and oxygen atoms in total. The SMILES string of the molecule is C=CC[C](C)c1cc(C)cc(F)c1. The maximum Gasteiger partial charge on any atom is 0.123 e. The molecule has 1 aromatic carbocycles. The van der Waals surface area contributed by atoms with Crippen LogP contribution in [0.25, 0.3) is 0 Å². The molecule has 0 aliphatic heterocycles. The van der Waals surface area contributed by atoms with Gasteiger partial charge in [-0.15, -0.1) is 6.58 Å². The summed E-state index contributed by atoms with van der Waals surface area (Å²) in [6.07, 6.45) is 2.64. The van der Waals surface area contributed by atoms with Crippen LogP contribution >= 0.6 is 0 Å². The summed E-state index contributed by atoms with van der Waals surface area (Å²) in [5.41, 5.74) is 1.93. The molecule has 0 fully saturated rings. The fraction of sp³-hybridized carbons (Fsp3) is 0.250. The Labute approximate surface area is 79.1 Å². The Morgan fingerprint density at radius 3 is 2.69 bits per heavy atom. The van der Waals surface area contributed by atoms with E-state index in [0.29, 0.717) is 0 Å². The lowest BCUT2D eigenvalue weighted by molar-refractivity contribution is 0.624. The van der Waals surface area contributed by atoms with Crippen LogP contribution in [0.1, 0.15) is 24.5 Å². The highest BCUT2D eigenvalue weighted by Crippen LogP contribution is 2.20. The van der Waals surface area contributed by atoms with Gasteiger partial charge in [-0.3, -0.25) is 0 Å². The minimum atomic E-state index is -0.168. The summed E-state index contributed by atoms with van der Waals surface area (Å²) in [6.45, 7) is 7.55. The van der Waals surface area contributed by atoms with E-state index in [9.17, 15) is 4.39 Å². The smallest absolute Gasteiger partial charge is 0.123 e. The lowest BCUT2D eigenvalue weighted by Gasteiger charge is -2.09. The highest BCUT2D eigenvalue weighted by atomic mass is 19.1. The maximum absolute atomic E-state index is 13.0. The van der Waals surface area contributed by atoms with Crippen LogP contribution in [0.5, 0.6) is 0 Å². The molecule has 0 heterocycles. The molecule has 0 spiro atoms. The first kappa shape index (κ1) is 9.97. The molecule has 0 saturated heterocycles. The van der Waals surface area contributed by atoms with E-state index >= 15 is 0 Å². The van der Waals surface area contributed by atoms with Crippen molar-refractivity contribution >= 4 is 0 Å². The molecular formula is C12H14F. The number of allylic oxidation sites excluding steroid dienone is 1. The van der Waals surface area contributed by atoms with Crippen LogP contribution in [-0.4, -0.2) is 0 Å². The third-order valence-corrected chi connectivity index (χ3v) is 1.99. The lowest BCUT2D eigenvalue weighted by atomic mass is 9.96. The summed E-state index contributed by atoms with van der Waals surface area (Å²) in [6, 6.07) is 5.08. The zero-order valence-electron chi connectivity index (χ0n) is 8.10. The fourth-order valence-electron chi connectivity index (χ4n) is 1.32. The standard InChI is InChI=1S/C12H14F/c1-4-5-10(3)11-6-9(2)7-12(13)8-11/h4,6-8H,1,5H2,2-3H3. The minimum absolute atomic E-state index is 0.168. The summed E-state index contributed by atoms with van der Waals surface area (Å²) in [5, 5.41) is 0. The molecule has 0 aromatic heterocycles. The minimum Gasteiger partial charge on any atom is -0.207 e. The van der Waals surface area contributed by atoms with Crippen LogP contribution in [0.3, 0.4) is 0 Å². The van der Waals surface area contributed by atoms with E-state index in [2.05, 4.69) is 6.58 Å². The molecule has 1 rings (SSSR count). The highest BCUT2D eigenvalue weighted by molar-refractivity contribution is 5.34. The van der Waals surface area contributed by atoms with Gasteiger partial charge in [0.25, 0.3) is 0 Å². The van der Waals surface area contributed by atoms with E-state index in [-0.39, 0.29) is 5.82 Å². The number of rotatable bonds is 3. The Balaban J connectivity index is 2.93. The monoisotopic (exact) mass is 177 g/mol. The van der Waals surface area contributed by atoms with Crippen molar-refractivity contribution in [3.8, 4) is 0 Å². The zero-order chi connectivity index (χ0) is 9.84. The summed E-state index contributed by atoms with van der Waals surface area (Å²) in [4.78, 5) is 0. The number of hydrogen-bond donors (Lipinski definition) is 0. The third kappa shape index (κ3) is 2.69. The molecule has 0 atom stereocenters. The lowest BCUT2D eigenvalue weighted by Crippen LogP contribution is -1.94. The van der Waals surface area contributed by atoms with Gasteiger partial charge in [-0.25, -0.2) is 4.39 Å². The van der Waals surface area contributed by atoms with Crippen LogP contribution in [0.15, 0.2) is 30.9 Å². The average Bonchev–Trinajstić information content (AvgIpc) is 2.03. The molecule has 0 amide bonds.